The van der Waals surface area contributed by atoms with Gasteiger partial charge >= 0.3 is 0 Å². The number of aromatic nitrogens is 2. The van der Waals surface area contributed by atoms with Gasteiger partial charge in [-0.25, -0.2) is 9.37 Å². The molecular weight excluding hydrogens is 465 g/mol. The molecule has 3 rings (SSSR count). The van der Waals surface area contributed by atoms with Crippen molar-refractivity contribution in [2.75, 3.05) is 6.54 Å². The lowest BCUT2D eigenvalue weighted by molar-refractivity contribution is -0.134. The van der Waals surface area contributed by atoms with Gasteiger partial charge in [-0.15, -0.1) is 0 Å². The fraction of sp³-hybridized carbons (Fsp3) is 0.464. The smallest absolute Gasteiger partial charge is 0.266 e. The van der Waals surface area contributed by atoms with E-state index in [0.29, 0.717) is 41.8 Å². The molecule has 2 unspecified atom stereocenters. The molecule has 3 aromatic rings. The van der Waals surface area contributed by atoms with Crippen LogP contribution in [0.2, 0.25) is 5.02 Å². The molecule has 0 aliphatic rings. The minimum Gasteiger partial charge on any atom is -0.333 e. The Kier molecular flexibility index (Phi) is 8.37. The fourth-order valence-corrected chi connectivity index (χ4v) is 5.07. The summed E-state index contributed by atoms with van der Waals surface area (Å²) in [7, 11) is 0. The van der Waals surface area contributed by atoms with Crippen molar-refractivity contribution in [3.8, 4) is 5.69 Å². The molecule has 0 spiro atoms. The van der Waals surface area contributed by atoms with Crippen molar-refractivity contribution in [3.05, 3.63) is 69.5 Å². The number of nitrogens with zero attached hydrogens (tertiary/aromatic N) is 3. The summed E-state index contributed by atoms with van der Waals surface area (Å²) in [4.78, 5) is 33.8. The number of rotatable bonds is 8. The monoisotopic (exact) mass is 499 g/mol. The lowest BCUT2D eigenvalue weighted by Crippen LogP contribution is -2.39. The van der Waals surface area contributed by atoms with Crippen molar-refractivity contribution < 1.29 is 9.18 Å². The highest BCUT2D eigenvalue weighted by Gasteiger charge is 2.29. The van der Waals surface area contributed by atoms with Gasteiger partial charge in [-0.2, -0.15) is 0 Å². The van der Waals surface area contributed by atoms with Crippen LogP contribution in [-0.4, -0.2) is 26.9 Å². The number of para-hydroxylation sites is 1. The molecule has 1 heterocycles. The topological polar surface area (TPSA) is 55.2 Å². The van der Waals surface area contributed by atoms with Gasteiger partial charge in [-0.3, -0.25) is 14.2 Å². The first kappa shape index (κ1) is 26.9. The van der Waals surface area contributed by atoms with Gasteiger partial charge in [0, 0.05) is 13.0 Å². The Hall–Kier alpha value is -2.73. The van der Waals surface area contributed by atoms with Crippen molar-refractivity contribution in [1.82, 2.24) is 14.5 Å². The van der Waals surface area contributed by atoms with Crippen molar-refractivity contribution in [1.29, 1.82) is 0 Å². The van der Waals surface area contributed by atoms with Crippen LogP contribution >= 0.6 is 11.6 Å². The van der Waals surface area contributed by atoms with Gasteiger partial charge in [0.05, 0.1) is 27.7 Å². The van der Waals surface area contributed by atoms with Crippen molar-refractivity contribution >= 4 is 28.4 Å². The van der Waals surface area contributed by atoms with E-state index in [0.717, 1.165) is 6.42 Å². The molecule has 0 aliphatic carbocycles. The molecule has 2 aromatic carbocycles. The number of fused-ring (bicyclic) bond motifs is 1. The molecule has 0 saturated heterocycles. The number of hydrogen-bond donors (Lipinski definition) is 0. The molecule has 188 valence electrons. The second kappa shape index (κ2) is 10.9. The number of halogens is 2. The highest BCUT2D eigenvalue weighted by molar-refractivity contribution is 6.30. The molecule has 0 fully saturated rings. The van der Waals surface area contributed by atoms with Crippen LogP contribution < -0.4 is 5.56 Å². The summed E-state index contributed by atoms with van der Waals surface area (Å²) in [5.41, 5.74) is 0.817. The Bertz CT molecular complexity index is 1270. The first-order valence-corrected chi connectivity index (χ1v) is 12.6. The highest BCUT2D eigenvalue weighted by atomic mass is 35.5. The number of hydrogen-bond acceptors (Lipinski definition) is 3. The lowest BCUT2D eigenvalue weighted by atomic mass is 9.84. The molecule has 0 radical (unpaired) electrons. The molecule has 2 atom stereocenters. The van der Waals surface area contributed by atoms with Crippen LogP contribution in [0.5, 0.6) is 0 Å². The zero-order chi connectivity index (χ0) is 25.9. The molecule has 7 heteroatoms. The predicted octanol–water partition coefficient (Wildman–Crippen LogP) is 6.94. The third-order valence-electron chi connectivity index (χ3n) is 6.17. The predicted molar refractivity (Wildman–Crippen MR) is 141 cm³/mol. The summed E-state index contributed by atoms with van der Waals surface area (Å²) in [6.45, 7) is 13.0. The Morgan fingerprint density at radius 3 is 2.46 bits per heavy atom. The van der Waals surface area contributed by atoms with Crippen molar-refractivity contribution in [3.63, 3.8) is 0 Å². The third-order valence-corrected chi connectivity index (χ3v) is 6.46. The van der Waals surface area contributed by atoms with E-state index in [-0.39, 0.29) is 27.8 Å². The summed E-state index contributed by atoms with van der Waals surface area (Å²) >= 11 is 6.08. The Morgan fingerprint density at radius 1 is 1.17 bits per heavy atom. The van der Waals surface area contributed by atoms with E-state index in [9.17, 15) is 14.0 Å². The molecule has 1 amide bonds. The molecular formula is C28H35ClFN3O2. The third kappa shape index (κ3) is 6.10. The molecule has 0 aliphatic heterocycles. The van der Waals surface area contributed by atoms with Gasteiger partial charge in [0.15, 0.2) is 0 Å². The number of amides is 1. The van der Waals surface area contributed by atoms with Gasteiger partial charge in [-0.05, 0) is 61.4 Å². The SMILES string of the molecule is CCC(c1nc2ccccc2c(=O)n1-c1ccc(F)c(Cl)c1)N(CC)C(=O)CC(C)CC(C)(C)C. The Balaban J connectivity index is 2.15. The van der Waals surface area contributed by atoms with E-state index in [4.69, 9.17) is 16.6 Å². The Morgan fingerprint density at radius 2 is 1.86 bits per heavy atom. The van der Waals surface area contributed by atoms with E-state index in [1.807, 2.05) is 19.9 Å². The van der Waals surface area contributed by atoms with Crippen LogP contribution in [0.3, 0.4) is 0 Å². The largest absolute Gasteiger partial charge is 0.333 e. The maximum absolute atomic E-state index is 13.9. The Labute approximate surface area is 211 Å². The molecule has 5 nitrogen and oxygen atoms in total. The van der Waals surface area contributed by atoms with Crippen molar-refractivity contribution in [2.24, 2.45) is 11.3 Å². The lowest BCUT2D eigenvalue weighted by Gasteiger charge is -2.33. The molecule has 35 heavy (non-hydrogen) atoms. The minimum absolute atomic E-state index is 0.0298. The second-order valence-electron chi connectivity index (χ2n) is 10.4. The van der Waals surface area contributed by atoms with Gasteiger partial charge in [0.25, 0.3) is 5.56 Å². The van der Waals surface area contributed by atoms with Crippen LogP contribution in [0.15, 0.2) is 47.3 Å². The highest BCUT2D eigenvalue weighted by Crippen LogP contribution is 2.30. The van der Waals surface area contributed by atoms with E-state index in [1.165, 1.54) is 22.8 Å². The summed E-state index contributed by atoms with van der Waals surface area (Å²) in [5.74, 6) is 0.125. The zero-order valence-electron chi connectivity index (χ0n) is 21.4. The van der Waals surface area contributed by atoms with Crippen LogP contribution in [0, 0.1) is 17.2 Å². The molecule has 0 N–H and O–H groups in total. The number of benzene rings is 2. The normalized spacial score (nSPS) is 13.6. The van der Waals surface area contributed by atoms with Crippen molar-refractivity contribution in [2.45, 2.75) is 66.8 Å². The fourth-order valence-electron chi connectivity index (χ4n) is 4.89. The maximum Gasteiger partial charge on any atom is 0.266 e. The summed E-state index contributed by atoms with van der Waals surface area (Å²) in [6.07, 6.45) is 1.91. The first-order chi connectivity index (χ1) is 16.5. The van der Waals surface area contributed by atoms with E-state index in [1.54, 1.807) is 23.1 Å². The van der Waals surface area contributed by atoms with E-state index >= 15 is 0 Å². The maximum atomic E-state index is 13.9. The average molecular weight is 500 g/mol. The van der Waals surface area contributed by atoms with Gasteiger partial charge in [0.2, 0.25) is 5.91 Å². The first-order valence-electron chi connectivity index (χ1n) is 12.2. The second-order valence-corrected chi connectivity index (χ2v) is 10.8. The standard InChI is InChI=1S/C28H35ClFN3O2/c1-7-24(32(8-2)25(34)15-18(3)17-28(4,5)6)26-31-23-12-10-9-11-20(23)27(35)33(26)19-13-14-22(30)21(29)16-19/h9-14,16,18,24H,7-8,15,17H2,1-6H3. The number of carbonyl (C=O) groups is 1. The molecule has 0 saturated carbocycles. The van der Waals surface area contributed by atoms with E-state index in [2.05, 4.69) is 27.7 Å². The van der Waals surface area contributed by atoms with Crippen LogP contribution in [-0.2, 0) is 4.79 Å². The zero-order valence-corrected chi connectivity index (χ0v) is 22.2. The van der Waals surface area contributed by atoms with Crippen LogP contribution in [0.4, 0.5) is 4.39 Å². The minimum atomic E-state index is -0.566. The number of carbonyl (C=O) groups excluding carboxylic acids is 1. The summed E-state index contributed by atoms with van der Waals surface area (Å²) in [5, 5.41) is 0.362. The van der Waals surface area contributed by atoms with Gasteiger partial charge < -0.3 is 4.90 Å². The van der Waals surface area contributed by atoms with Crippen LogP contribution in [0.25, 0.3) is 16.6 Å². The van der Waals surface area contributed by atoms with Gasteiger partial charge in [-0.1, -0.05) is 58.4 Å². The molecule has 1 aromatic heterocycles. The van der Waals surface area contributed by atoms with Gasteiger partial charge in [0.1, 0.15) is 11.6 Å². The quantitative estimate of drug-likeness (QED) is 0.337. The molecule has 0 bridgehead atoms. The van der Waals surface area contributed by atoms with Crippen LogP contribution in [0.1, 0.15) is 72.7 Å². The van der Waals surface area contributed by atoms with E-state index < -0.39 is 11.9 Å². The summed E-state index contributed by atoms with van der Waals surface area (Å²) < 4.78 is 15.4. The average Bonchev–Trinajstić information content (AvgIpc) is 2.78. The summed E-state index contributed by atoms with van der Waals surface area (Å²) in [6, 6.07) is 10.9.